The number of halogens is 6. The summed E-state index contributed by atoms with van der Waals surface area (Å²) >= 11 is 6.20. The Bertz CT molecular complexity index is 1240. The summed E-state index contributed by atoms with van der Waals surface area (Å²) in [5.74, 6) is -3.93. The number of hydrogen-bond donors (Lipinski definition) is 3. The van der Waals surface area contributed by atoms with Gasteiger partial charge in [-0.05, 0) is 44.2 Å². The van der Waals surface area contributed by atoms with Gasteiger partial charge in [0.2, 0.25) is 5.91 Å². The van der Waals surface area contributed by atoms with Crippen molar-refractivity contribution in [1.29, 1.82) is 0 Å². The highest BCUT2D eigenvalue weighted by Crippen LogP contribution is 2.33. The van der Waals surface area contributed by atoms with Crippen LogP contribution in [0.3, 0.4) is 0 Å². The predicted molar refractivity (Wildman–Crippen MR) is 143 cm³/mol. The van der Waals surface area contributed by atoms with E-state index in [2.05, 4.69) is 16.0 Å². The molecule has 0 bridgehead atoms. The van der Waals surface area contributed by atoms with Crippen LogP contribution in [0.5, 0.6) is 0 Å². The van der Waals surface area contributed by atoms with Crippen molar-refractivity contribution in [3.8, 4) is 0 Å². The number of nitrogens with zero attached hydrogens (tertiary/aromatic N) is 2. The summed E-state index contributed by atoms with van der Waals surface area (Å²) in [4.78, 5) is 28.8. The summed E-state index contributed by atoms with van der Waals surface area (Å²) in [6, 6.07) is 6.89. The van der Waals surface area contributed by atoms with Crippen LogP contribution in [0.4, 0.5) is 33.3 Å². The van der Waals surface area contributed by atoms with Gasteiger partial charge in [-0.1, -0.05) is 17.7 Å². The molecule has 2 aliphatic heterocycles. The highest BCUT2D eigenvalue weighted by atomic mass is 35.5. The number of nitrogens with one attached hydrogen (secondary N) is 3. The van der Waals surface area contributed by atoms with Crippen LogP contribution in [0, 0.1) is 17.6 Å². The molecule has 2 amide bonds. The van der Waals surface area contributed by atoms with Gasteiger partial charge in [-0.15, -0.1) is 0 Å². The quantitative estimate of drug-likeness (QED) is 0.395. The van der Waals surface area contributed by atoms with Gasteiger partial charge in [0.25, 0.3) is 5.91 Å². The zero-order chi connectivity index (χ0) is 29.0. The second-order valence-electron chi connectivity index (χ2n) is 10.1. The lowest BCUT2D eigenvalue weighted by molar-refractivity contribution is -0.138. The number of hydrogen-bond acceptors (Lipinski definition) is 5. The van der Waals surface area contributed by atoms with Crippen LogP contribution in [0.25, 0.3) is 0 Å². The number of amides is 2. The number of benzene rings is 2. The normalized spacial score (nSPS) is 20.0. The van der Waals surface area contributed by atoms with Crippen molar-refractivity contribution in [3.05, 3.63) is 58.1 Å². The maximum absolute atomic E-state index is 14.9. The van der Waals surface area contributed by atoms with Crippen molar-refractivity contribution in [2.75, 3.05) is 49.5 Å². The SMILES string of the molecule is C[C@@H]1CN(CCC(F)(F)F)CCN1c1cc(Cl)ccc1NC(=O)c1ccc(CNC(=O)C2CCNC2)c(F)c1F. The van der Waals surface area contributed by atoms with Gasteiger partial charge in [-0.25, -0.2) is 8.78 Å². The molecular formula is C27H31ClF5N5O2. The molecule has 0 aliphatic carbocycles. The summed E-state index contributed by atoms with van der Waals surface area (Å²) in [5.41, 5.74) is 0.216. The fourth-order valence-electron chi connectivity index (χ4n) is 5.02. The van der Waals surface area contributed by atoms with Crippen molar-refractivity contribution in [2.45, 2.75) is 38.5 Å². The van der Waals surface area contributed by atoms with Crippen molar-refractivity contribution >= 4 is 34.8 Å². The van der Waals surface area contributed by atoms with Gasteiger partial charge >= 0.3 is 6.18 Å². The van der Waals surface area contributed by atoms with E-state index < -0.39 is 35.7 Å². The van der Waals surface area contributed by atoms with E-state index >= 15 is 0 Å². The molecule has 40 heavy (non-hydrogen) atoms. The highest BCUT2D eigenvalue weighted by Gasteiger charge is 2.31. The average Bonchev–Trinajstić information content (AvgIpc) is 3.44. The van der Waals surface area contributed by atoms with Crippen LogP contribution >= 0.6 is 11.6 Å². The standard InChI is InChI=1S/C27H31ClF5N5O2/c1-16-15-37(9-7-27(31,32)33)10-11-38(16)22-12-19(28)3-5-21(22)36-26(40)20-4-2-17(23(29)24(20)30)14-35-25(39)18-6-8-34-13-18/h2-5,12,16,18,34H,6-11,13-15H2,1H3,(H,35,39)(H,36,40)/t16-,18?/m1/s1. The van der Waals surface area contributed by atoms with Gasteiger partial charge in [0.15, 0.2) is 11.6 Å². The van der Waals surface area contributed by atoms with E-state index in [-0.39, 0.29) is 36.5 Å². The molecule has 13 heteroatoms. The molecule has 0 aromatic heterocycles. The number of piperazine rings is 1. The predicted octanol–water partition coefficient (Wildman–Crippen LogP) is 4.56. The summed E-state index contributed by atoms with van der Waals surface area (Å²) in [6.07, 6.45) is -4.47. The van der Waals surface area contributed by atoms with Crippen LogP contribution in [0.15, 0.2) is 30.3 Å². The van der Waals surface area contributed by atoms with E-state index in [1.165, 1.54) is 18.2 Å². The molecule has 7 nitrogen and oxygen atoms in total. The Morgan fingerprint density at radius 3 is 2.58 bits per heavy atom. The molecule has 3 N–H and O–H groups in total. The van der Waals surface area contributed by atoms with Gasteiger partial charge in [0.1, 0.15) is 0 Å². The number of anilines is 2. The van der Waals surface area contributed by atoms with E-state index in [1.807, 2.05) is 11.8 Å². The molecule has 4 rings (SSSR count). The fraction of sp³-hybridized carbons (Fsp3) is 0.481. The Morgan fingerprint density at radius 1 is 1.12 bits per heavy atom. The largest absolute Gasteiger partial charge is 0.390 e. The first-order valence-electron chi connectivity index (χ1n) is 13.0. The van der Waals surface area contributed by atoms with Crippen molar-refractivity contribution < 1.29 is 31.5 Å². The Hall–Kier alpha value is -2.96. The molecule has 2 aromatic rings. The first-order chi connectivity index (χ1) is 18.9. The first-order valence-corrected chi connectivity index (χ1v) is 13.4. The van der Waals surface area contributed by atoms with Gasteiger partial charge in [-0.2, -0.15) is 13.2 Å². The molecular weight excluding hydrogens is 557 g/mol. The van der Waals surface area contributed by atoms with E-state index in [9.17, 15) is 31.5 Å². The minimum Gasteiger partial charge on any atom is -0.365 e. The summed E-state index contributed by atoms with van der Waals surface area (Å²) in [7, 11) is 0. The van der Waals surface area contributed by atoms with Crippen molar-refractivity contribution in [3.63, 3.8) is 0 Å². The minimum atomic E-state index is -4.24. The summed E-state index contributed by atoms with van der Waals surface area (Å²) < 4.78 is 67.7. The zero-order valence-corrected chi connectivity index (χ0v) is 22.6. The molecule has 1 unspecified atom stereocenters. The Morgan fingerprint density at radius 2 is 1.90 bits per heavy atom. The average molecular weight is 588 g/mol. The molecule has 2 aromatic carbocycles. The van der Waals surface area contributed by atoms with Gasteiger partial charge in [0.05, 0.1) is 29.3 Å². The maximum atomic E-state index is 14.9. The molecule has 218 valence electrons. The third-order valence-electron chi connectivity index (χ3n) is 7.23. The van der Waals surface area contributed by atoms with Crippen LogP contribution in [0.2, 0.25) is 5.02 Å². The number of alkyl halides is 3. The molecule has 0 spiro atoms. The minimum absolute atomic E-state index is 0.0854. The van der Waals surface area contributed by atoms with Crippen LogP contribution < -0.4 is 20.9 Å². The fourth-order valence-corrected chi connectivity index (χ4v) is 5.19. The molecule has 2 atom stereocenters. The topological polar surface area (TPSA) is 76.7 Å². The van der Waals surface area contributed by atoms with E-state index in [0.29, 0.717) is 49.0 Å². The van der Waals surface area contributed by atoms with Gasteiger partial charge in [-0.3, -0.25) is 14.5 Å². The van der Waals surface area contributed by atoms with E-state index in [4.69, 9.17) is 11.6 Å². The molecule has 0 saturated carbocycles. The molecule has 2 saturated heterocycles. The monoisotopic (exact) mass is 587 g/mol. The molecule has 2 aliphatic rings. The Balaban J connectivity index is 1.44. The van der Waals surface area contributed by atoms with Crippen LogP contribution in [0.1, 0.15) is 35.7 Å². The lowest BCUT2D eigenvalue weighted by Crippen LogP contribution is -2.52. The lowest BCUT2D eigenvalue weighted by atomic mass is 10.1. The third-order valence-corrected chi connectivity index (χ3v) is 7.47. The second kappa shape index (κ2) is 12.7. The van der Waals surface area contributed by atoms with E-state index in [1.54, 1.807) is 11.0 Å². The molecule has 2 fully saturated rings. The smallest absolute Gasteiger partial charge is 0.365 e. The Kier molecular flexibility index (Phi) is 9.52. The number of rotatable bonds is 8. The maximum Gasteiger partial charge on any atom is 0.390 e. The van der Waals surface area contributed by atoms with E-state index in [0.717, 1.165) is 12.6 Å². The second-order valence-corrected chi connectivity index (χ2v) is 10.6. The van der Waals surface area contributed by atoms with Crippen LogP contribution in [-0.2, 0) is 11.3 Å². The highest BCUT2D eigenvalue weighted by molar-refractivity contribution is 6.31. The third kappa shape index (κ3) is 7.41. The summed E-state index contributed by atoms with van der Waals surface area (Å²) in [6.45, 7) is 3.89. The first kappa shape index (κ1) is 30.0. The van der Waals surface area contributed by atoms with Crippen LogP contribution in [-0.4, -0.2) is 68.2 Å². The van der Waals surface area contributed by atoms with Crippen molar-refractivity contribution in [1.82, 2.24) is 15.5 Å². The Labute approximate surface area is 234 Å². The zero-order valence-electron chi connectivity index (χ0n) is 21.9. The van der Waals surface area contributed by atoms with Gasteiger partial charge < -0.3 is 20.9 Å². The molecule has 2 heterocycles. The number of carbonyl (C=O) groups is 2. The number of carbonyl (C=O) groups excluding carboxylic acids is 2. The van der Waals surface area contributed by atoms with Crippen molar-refractivity contribution in [2.24, 2.45) is 5.92 Å². The summed E-state index contributed by atoms with van der Waals surface area (Å²) in [5, 5.41) is 8.66. The lowest BCUT2D eigenvalue weighted by Gasteiger charge is -2.42. The van der Waals surface area contributed by atoms with Gasteiger partial charge in [0, 0.05) is 55.9 Å². The molecule has 0 radical (unpaired) electrons.